The molecule has 58 valence electrons. The summed E-state index contributed by atoms with van der Waals surface area (Å²) in [5.41, 5.74) is 0. The molecule has 0 unspecified atom stereocenters. The fourth-order valence-corrected chi connectivity index (χ4v) is 3.27. The van der Waals surface area contributed by atoms with Crippen LogP contribution in [0.25, 0.3) is 0 Å². The lowest BCUT2D eigenvalue weighted by molar-refractivity contribution is 0.865. The summed E-state index contributed by atoms with van der Waals surface area (Å²) in [6.07, 6.45) is 3.15. The first-order valence-corrected chi connectivity index (χ1v) is 6.33. The lowest BCUT2D eigenvalue weighted by Gasteiger charge is -1.68. The summed E-state index contributed by atoms with van der Waals surface area (Å²) in [5, 5.41) is 14.3. The molecule has 0 N–H and O–H groups in total. The molecular formula is C5H5N3S3. The van der Waals surface area contributed by atoms with Crippen LogP contribution < -0.4 is 0 Å². The van der Waals surface area contributed by atoms with Crippen molar-refractivity contribution in [2.75, 3.05) is 0 Å². The second kappa shape index (κ2) is 6.51. The zero-order chi connectivity index (χ0) is 7.78. The van der Waals surface area contributed by atoms with Crippen LogP contribution in [0.5, 0.6) is 0 Å². The minimum Gasteiger partial charge on any atom is -0.139 e. The van der Waals surface area contributed by atoms with E-state index < -0.39 is 0 Å². The zero-order valence-electron chi connectivity index (χ0n) is 5.45. The molecular weight excluding hydrogens is 198 g/mol. The van der Waals surface area contributed by atoms with E-state index >= 15 is 0 Å². The zero-order valence-corrected chi connectivity index (χ0v) is 7.90. The van der Waals surface area contributed by atoms with Gasteiger partial charge >= 0.3 is 0 Å². The molecule has 0 aliphatic carbocycles. The van der Waals surface area contributed by atoms with Crippen LogP contribution >= 0.6 is 31.4 Å². The van der Waals surface area contributed by atoms with Crippen LogP contribution in [0.15, 0.2) is 29.3 Å². The van der Waals surface area contributed by atoms with Crippen molar-refractivity contribution in [3.63, 3.8) is 0 Å². The van der Waals surface area contributed by atoms with Gasteiger partial charge in [-0.2, -0.15) is 0 Å². The second-order valence-electron chi connectivity index (χ2n) is 1.34. The molecule has 0 atom stereocenters. The predicted molar refractivity (Wildman–Crippen MR) is 51.7 cm³/mol. The van der Waals surface area contributed by atoms with Crippen molar-refractivity contribution < 1.29 is 0 Å². The Hall–Kier alpha value is -0.200. The Kier molecular flexibility index (Phi) is 5.26. The molecule has 0 amide bonds. The van der Waals surface area contributed by atoms with Crippen LogP contribution in [0.3, 0.4) is 0 Å². The lowest BCUT2D eigenvalue weighted by atomic mass is 10.7. The molecule has 0 bridgehead atoms. The SMILES string of the molecule is C1=CSSS1.c1cnnnc1. The monoisotopic (exact) mass is 203 g/mol. The highest BCUT2D eigenvalue weighted by Crippen LogP contribution is 2.42. The van der Waals surface area contributed by atoms with Crippen molar-refractivity contribution in [2.45, 2.75) is 0 Å². The molecule has 0 spiro atoms. The maximum absolute atomic E-state index is 3.42. The van der Waals surface area contributed by atoms with Gasteiger partial charge in [-0.1, -0.05) is 21.6 Å². The summed E-state index contributed by atoms with van der Waals surface area (Å²) < 4.78 is 0. The van der Waals surface area contributed by atoms with Gasteiger partial charge < -0.3 is 0 Å². The predicted octanol–water partition coefficient (Wildman–Crippen LogP) is 2.37. The van der Waals surface area contributed by atoms with Crippen molar-refractivity contribution in [1.29, 1.82) is 0 Å². The van der Waals surface area contributed by atoms with Crippen molar-refractivity contribution in [2.24, 2.45) is 0 Å². The fourth-order valence-electron chi connectivity index (χ4n) is 0.318. The van der Waals surface area contributed by atoms with Crippen LogP contribution in [0.4, 0.5) is 0 Å². The van der Waals surface area contributed by atoms with Crippen LogP contribution in [0.1, 0.15) is 0 Å². The van der Waals surface area contributed by atoms with E-state index in [1.165, 1.54) is 0 Å². The Morgan fingerprint density at radius 2 is 1.55 bits per heavy atom. The summed E-state index contributed by atoms with van der Waals surface area (Å²) in [6.45, 7) is 0. The maximum Gasteiger partial charge on any atom is 0.0529 e. The molecule has 2 rings (SSSR count). The number of rotatable bonds is 0. The molecule has 1 aliphatic rings. The van der Waals surface area contributed by atoms with Gasteiger partial charge in [0.15, 0.2) is 0 Å². The Labute approximate surface area is 76.2 Å². The molecule has 1 aromatic heterocycles. The third kappa shape index (κ3) is 5.11. The van der Waals surface area contributed by atoms with Crippen LogP contribution in [-0.4, -0.2) is 15.4 Å². The molecule has 0 saturated heterocycles. The first kappa shape index (κ1) is 8.89. The molecule has 1 aromatic rings. The Morgan fingerprint density at radius 1 is 0.909 bits per heavy atom. The molecule has 0 radical (unpaired) electrons. The second-order valence-corrected chi connectivity index (χ2v) is 5.20. The van der Waals surface area contributed by atoms with Gasteiger partial charge in [-0.25, -0.2) is 0 Å². The third-order valence-electron chi connectivity index (χ3n) is 0.654. The smallest absolute Gasteiger partial charge is 0.0529 e. The average Bonchev–Trinajstić information content (AvgIpc) is 2.64. The molecule has 2 heterocycles. The molecule has 1 aliphatic heterocycles. The molecule has 0 saturated carbocycles. The molecule has 11 heavy (non-hydrogen) atoms. The van der Waals surface area contributed by atoms with Crippen LogP contribution in [-0.2, 0) is 0 Å². The highest BCUT2D eigenvalue weighted by Gasteiger charge is 1.87. The van der Waals surface area contributed by atoms with Crippen LogP contribution in [0, 0.1) is 0 Å². The highest BCUT2D eigenvalue weighted by molar-refractivity contribution is 9.11. The van der Waals surface area contributed by atoms with Crippen molar-refractivity contribution in [1.82, 2.24) is 15.4 Å². The van der Waals surface area contributed by atoms with Crippen molar-refractivity contribution >= 4 is 31.4 Å². The molecule has 6 heteroatoms. The van der Waals surface area contributed by atoms with E-state index in [9.17, 15) is 0 Å². The highest BCUT2D eigenvalue weighted by atomic mass is 33.5. The summed E-state index contributed by atoms with van der Waals surface area (Å²) in [5.74, 6) is 0. The van der Waals surface area contributed by atoms with Gasteiger partial charge in [0.1, 0.15) is 0 Å². The minimum absolute atomic E-state index is 1.58. The standard InChI is InChI=1S/C3H3N3.C2H2S3/c1-2-4-6-5-3-1;1-2-4-5-3-1/h1-3H;1-2H. The van der Waals surface area contributed by atoms with Crippen LogP contribution in [0.2, 0.25) is 0 Å². The number of hydrogen-bond acceptors (Lipinski definition) is 6. The largest absolute Gasteiger partial charge is 0.139 e. The van der Waals surface area contributed by atoms with Gasteiger partial charge in [0.25, 0.3) is 0 Å². The maximum atomic E-state index is 3.42. The first-order chi connectivity index (χ1) is 5.50. The van der Waals surface area contributed by atoms with Crippen molar-refractivity contribution in [3.8, 4) is 0 Å². The van der Waals surface area contributed by atoms with Crippen molar-refractivity contribution in [3.05, 3.63) is 29.3 Å². The minimum atomic E-state index is 1.58. The van der Waals surface area contributed by atoms with Gasteiger partial charge in [-0.15, -0.1) is 10.2 Å². The Morgan fingerprint density at radius 3 is 1.73 bits per heavy atom. The quantitative estimate of drug-likeness (QED) is 0.603. The normalized spacial score (nSPS) is 13.8. The van der Waals surface area contributed by atoms with E-state index in [4.69, 9.17) is 0 Å². The first-order valence-electron chi connectivity index (χ1n) is 2.72. The number of nitrogens with zero attached hydrogens (tertiary/aromatic N) is 3. The van der Waals surface area contributed by atoms with Gasteiger partial charge in [0.2, 0.25) is 0 Å². The summed E-state index contributed by atoms with van der Waals surface area (Å²) in [4.78, 5) is 0. The van der Waals surface area contributed by atoms with Gasteiger partial charge in [-0.05, 0) is 31.9 Å². The topological polar surface area (TPSA) is 38.7 Å². The van der Waals surface area contributed by atoms with E-state index in [0.717, 1.165) is 0 Å². The molecule has 0 aromatic carbocycles. The van der Waals surface area contributed by atoms with Gasteiger partial charge in [0.05, 0.1) is 12.4 Å². The van der Waals surface area contributed by atoms with Gasteiger partial charge in [0, 0.05) is 0 Å². The number of hydrogen-bond donors (Lipinski definition) is 0. The lowest BCUT2D eigenvalue weighted by Crippen LogP contribution is -1.78. The van der Waals surface area contributed by atoms with E-state index in [1.54, 1.807) is 49.9 Å². The summed E-state index contributed by atoms with van der Waals surface area (Å²) in [7, 11) is 5.34. The summed E-state index contributed by atoms with van der Waals surface area (Å²) in [6, 6.07) is 1.72. The van der Waals surface area contributed by atoms with E-state index in [0.29, 0.717) is 0 Å². The van der Waals surface area contributed by atoms with E-state index in [-0.39, 0.29) is 0 Å². The fraction of sp³-hybridized carbons (Fsp3) is 0. The number of aromatic nitrogens is 3. The van der Waals surface area contributed by atoms with Gasteiger partial charge in [-0.3, -0.25) is 0 Å². The molecule has 3 nitrogen and oxygen atoms in total. The van der Waals surface area contributed by atoms with E-state index in [2.05, 4.69) is 26.2 Å². The summed E-state index contributed by atoms with van der Waals surface area (Å²) >= 11 is 0. The Bertz CT molecular complexity index is 171. The van der Waals surface area contributed by atoms with E-state index in [1.807, 2.05) is 0 Å². The molecule has 0 fully saturated rings. The Balaban J connectivity index is 0.000000112. The third-order valence-corrected chi connectivity index (χ3v) is 4.03. The average molecular weight is 203 g/mol.